The van der Waals surface area contributed by atoms with Crippen molar-refractivity contribution >= 4 is 34.6 Å². The molecule has 0 aliphatic rings. The first-order chi connectivity index (χ1) is 4.25. The predicted molar refractivity (Wildman–Crippen MR) is 41.1 cm³/mol. The van der Waals surface area contributed by atoms with E-state index in [2.05, 4.69) is 9.69 Å². The number of hydrogen-bond donors (Lipinski definition) is 2. The van der Waals surface area contributed by atoms with E-state index in [0.717, 1.165) is 5.69 Å². The highest BCUT2D eigenvalue weighted by Crippen LogP contribution is 2.30. The third kappa shape index (κ3) is 1.09. The molecule has 0 bridgehead atoms. The number of nitrogens with zero attached hydrogens (tertiary/aromatic N) is 1. The van der Waals surface area contributed by atoms with E-state index in [1.165, 1.54) is 11.5 Å². The second kappa shape index (κ2) is 2.41. The van der Waals surface area contributed by atoms with E-state index in [-0.39, 0.29) is 0 Å². The molecule has 0 aliphatic carbocycles. The second-order valence-electron chi connectivity index (χ2n) is 1.47. The van der Waals surface area contributed by atoms with E-state index in [0.29, 0.717) is 10.2 Å². The van der Waals surface area contributed by atoms with Crippen LogP contribution < -0.4 is 11.1 Å². The molecule has 0 unspecified atom stereocenters. The second-order valence-corrected chi connectivity index (χ2v) is 2.84. The maximum atomic E-state index is 5.66. The van der Waals surface area contributed by atoms with Crippen LogP contribution in [-0.4, -0.2) is 11.4 Å². The van der Waals surface area contributed by atoms with Crippen molar-refractivity contribution < 1.29 is 0 Å². The molecule has 0 radical (unpaired) electrons. The smallest absolute Gasteiger partial charge is 0.162 e. The van der Waals surface area contributed by atoms with Gasteiger partial charge in [-0.25, -0.2) is 0 Å². The Bertz CT molecular complexity index is 190. The molecule has 1 rings (SSSR count). The molecule has 0 saturated heterocycles. The van der Waals surface area contributed by atoms with E-state index in [4.69, 9.17) is 17.3 Å². The molecule has 0 aliphatic heterocycles. The maximum absolute atomic E-state index is 5.66. The van der Waals surface area contributed by atoms with Crippen LogP contribution in [0.3, 0.4) is 0 Å². The van der Waals surface area contributed by atoms with Gasteiger partial charge in [0.05, 0.1) is 0 Å². The lowest BCUT2D eigenvalue weighted by atomic mass is 10.5. The lowest BCUT2D eigenvalue weighted by Crippen LogP contribution is -1.92. The highest BCUT2D eigenvalue weighted by Gasteiger charge is 2.05. The van der Waals surface area contributed by atoms with Crippen molar-refractivity contribution in [1.82, 2.24) is 4.37 Å². The van der Waals surface area contributed by atoms with Gasteiger partial charge in [-0.05, 0) is 11.5 Å². The average Bonchev–Trinajstić information content (AvgIpc) is 2.12. The van der Waals surface area contributed by atoms with Crippen molar-refractivity contribution in [1.29, 1.82) is 0 Å². The Kier molecular flexibility index (Phi) is 1.78. The van der Waals surface area contributed by atoms with Crippen LogP contribution in [0.4, 0.5) is 11.5 Å². The monoisotopic (exact) mass is 163 g/mol. The average molecular weight is 164 g/mol. The number of anilines is 2. The fraction of sp³-hybridized carbons (Fsp3) is 0.250. The molecule has 0 atom stereocenters. The van der Waals surface area contributed by atoms with Gasteiger partial charge in [-0.3, -0.25) is 0 Å². The molecule has 0 spiro atoms. The molecular weight excluding hydrogens is 158 g/mol. The summed E-state index contributed by atoms with van der Waals surface area (Å²) in [6.45, 7) is 0. The Morgan fingerprint density at radius 1 is 1.78 bits per heavy atom. The molecule has 0 aromatic carbocycles. The number of nitrogens with two attached hydrogens (primary N) is 1. The number of rotatable bonds is 1. The van der Waals surface area contributed by atoms with Gasteiger partial charge in [-0.15, -0.1) is 0 Å². The van der Waals surface area contributed by atoms with Gasteiger partial charge >= 0.3 is 0 Å². The largest absolute Gasteiger partial charge is 0.383 e. The van der Waals surface area contributed by atoms with Crippen LogP contribution in [0.2, 0.25) is 4.34 Å². The predicted octanol–water partition coefficient (Wildman–Crippen LogP) is 1.42. The highest BCUT2D eigenvalue weighted by molar-refractivity contribution is 7.11. The van der Waals surface area contributed by atoms with Crippen molar-refractivity contribution in [2.45, 2.75) is 0 Å². The first-order valence-corrected chi connectivity index (χ1v) is 3.49. The van der Waals surface area contributed by atoms with Crippen LogP contribution in [0.15, 0.2) is 0 Å². The summed E-state index contributed by atoms with van der Waals surface area (Å²) < 4.78 is 4.42. The van der Waals surface area contributed by atoms with E-state index in [1.807, 2.05) is 0 Å². The number of aromatic nitrogens is 1. The number of nitrogen functional groups attached to an aromatic ring is 1. The summed E-state index contributed by atoms with van der Waals surface area (Å²) in [6.07, 6.45) is 0. The van der Waals surface area contributed by atoms with Gasteiger partial charge in [0.2, 0.25) is 0 Å². The molecule has 3 nitrogen and oxygen atoms in total. The van der Waals surface area contributed by atoms with Crippen molar-refractivity contribution in [3.8, 4) is 0 Å². The lowest BCUT2D eigenvalue weighted by Gasteiger charge is -1.93. The van der Waals surface area contributed by atoms with Crippen molar-refractivity contribution in [3.05, 3.63) is 4.34 Å². The highest BCUT2D eigenvalue weighted by atomic mass is 35.5. The van der Waals surface area contributed by atoms with Crippen LogP contribution in [0, 0.1) is 0 Å². The molecule has 9 heavy (non-hydrogen) atoms. The molecule has 3 N–H and O–H groups in total. The summed E-state index contributed by atoms with van der Waals surface area (Å²) in [6, 6.07) is 0. The van der Waals surface area contributed by atoms with Crippen LogP contribution in [0.1, 0.15) is 0 Å². The minimum absolute atomic E-state index is 0.465. The van der Waals surface area contributed by atoms with Gasteiger partial charge in [0.25, 0.3) is 0 Å². The topological polar surface area (TPSA) is 50.9 Å². The van der Waals surface area contributed by atoms with Gasteiger partial charge in [-0.2, -0.15) is 4.37 Å². The summed E-state index contributed by atoms with van der Waals surface area (Å²) in [5.74, 6) is 0.465. The zero-order chi connectivity index (χ0) is 6.85. The normalized spacial score (nSPS) is 9.56. The van der Waals surface area contributed by atoms with Gasteiger partial charge in [-0.1, -0.05) is 11.6 Å². The summed E-state index contributed by atoms with van der Waals surface area (Å²) in [4.78, 5) is 0. The number of halogens is 1. The maximum Gasteiger partial charge on any atom is 0.162 e. The van der Waals surface area contributed by atoms with Crippen molar-refractivity contribution in [2.24, 2.45) is 0 Å². The Morgan fingerprint density at radius 3 is 2.67 bits per heavy atom. The third-order valence-corrected chi connectivity index (χ3v) is 1.98. The van der Waals surface area contributed by atoms with E-state index >= 15 is 0 Å². The molecule has 1 heterocycles. The first-order valence-electron chi connectivity index (χ1n) is 2.34. The third-order valence-electron chi connectivity index (χ3n) is 0.927. The molecule has 0 amide bonds. The van der Waals surface area contributed by atoms with Crippen molar-refractivity contribution in [3.63, 3.8) is 0 Å². The Morgan fingerprint density at radius 2 is 2.44 bits per heavy atom. The van der Waals surface area contributed by atoms with Crippen LogP contribution in [-0.2, 0) is 0 Å². The Hall–Kier alpha value is -0.480. The molecule has 5 heteroatoms. The van der Waals surface area contributed by atoms with Gasteiger partial charge in [0.15, 0.2) is 5.82 Å². The Balaban J connectivity index is 3.07. The standard InChI is InChI=1S/C4H6ClN3S/c1-7-2-3(5)9-8-4(2)6/h7H,1H3,(H2,6,8). The zero-order valence-electron chi connectivity index (χ0n) is 4.81. The van der Waals surface area contributed by atoms with Gasteiger partial charge in [0.1, 0.15) is 10.0 Å². The van der Waals surface area contributed by atoms with Gasteiger partial charge < -0.3 is 11.1 Å². The SMILES string of the molecule is CNc1c(N)nsc1Cl. The summed E-state index contributed by atoms with van der Waals surface area (Å²) in [5, 5.41) is 2.83. The first kappa shape index (κ1) is 6.64. The quantitative estimate of drug-likeness (QED) is 0.659. The lowest BCUT2D eigenvalue weighted by molar-refractivity contribution is 1.49. The Labute approximate surface area is 62.0 Å². The van der Waals surface area contributed by atoms with Crippen molar-refractivity contribution in [2.75, 3.05) is 18.1 Å². The zero-order valence-corrected chi connectivity index (χ0v) is 6.38. The van der Waals surface area contributed by atoms with Gasteiger partial charge in [0, 0.05) is 7.05 Å². The fourth-order valence-electron chi connectivity index (χ4n) is 0.508. The van der Waals surface area contributed by atoms with Crippen LogP contribution in [0.5, 0.6) is 0 Å². The summed E-state index contributed by atoms with van der Waals surface area (Å²) in [7, 11) is 1.76. The van der Waals surface area contributed by atoms with Crippen LogP contribution >= 0.6 is 23.1 Å². The minimum Gasteiger partial charge on any atom is -0.383 e. The fourth-order valence-corrected chi connectivity index (χ4v) is 1.37. The van der Waals surface area contributed by atoms with E-state index in [1.54, 1.807) is 7.05 Å². The van der Waals surface area contributed by atoms with Crippen LogP contribution in [0.25, 0.3) is 0 Å². The number of nitrogens with one attached hydrogen (secondary N) is 1. The summed E-state index contributed by atoms with van der Waals surface area (Å²) >= 11 is 6.84. The molecule has 0 saturated carbocycles. The number of hydrogen-bond acceptors (Lipinski definition) is 4. The molecule has 0 fully saturated rings. The molecule has 1 aromatic heterocycles. The minimum atomic E-state index is 0.465. The molecule has 1 aromatic rings. The van der Waals surface area contributed by atoms with E-state index in [9.17, 15) is 0 Å². The molecular formula is C4H6ClN3S. The summed E-state index contributed by atoms with van der Waals surface area (Å²) in [5.41, 5.74) is 6.13. The van der Waals surface area contributed by atoms with E-state index < -0.39 is 0 Å². The molecule has 50 valence electrons.